The molecule has 0 heterocycles. The van der Waals surface area contributed by atoms with Gasteiger partial charge in [-0.1, -0.05) is 12.1 Å². The van der Waals surface area contributed by atoms with Crippen LogP contribution in [-0.4, -0.2) is 6.54 Å². The van der Waals surface area contributed by atoms with Crippen LogP contribution < -0.4 is 11.5 Å². The molecule has 3 heteroatoms. The van der Waals surface area contributed by atoms with E-state index in [4.69, 9.17) is 11.5 Å². The number of nitrogen functional groups attached to an aromatic ring is 1. The average Bonchev–Trinajstić information content (AvgIpc) is 2.05. The van der Waals surface area contributed by atoms with Crippen LogP contribution in [0.4, 0.5) is 10.1 Å². The highest BCUT2D eigenvalue weighted by Crippen LogP contribution is 2.21. The minimum absolute atomic E-state index is 0.351. The SMILES string of the molecule is NCCC(F)c1cccc(N)c1. The van der Waals surface area contributed by atoms with Crippen LogP contribution in [0.2, 0.25) is 0 Å². The van der Waals surface area contributed by atoms with Crippen molar-refractivity contribution in [2.75, 3.05) is 12.3 Å². The standard InChI is InChI=1S/C9H13FN2/c10-9(4-5-11)7-2-1-3-8(12)6-7/h1-3,6,9H,4-5,11-12H2. The molecule has 0 bridgehead atoms. The van der Waals surface area contributed by atoms with Crippen LogP contribution in [0.3, 0.4) is 0 Å². The first-order valence-electron chi connectivity index (χ1n) is 3.93. The molecule has 0 saturated heterocycles. The second kappa shape index (κ2) is 4.07. The zero-order valence-electron chi connectivity index (χ0n) is 6.83. The summed E-state index contributed by atoms with van der Waals surface area (Å²) in [7, 11) is 0. The highest BCUT2D eigenvalue weighted by Gasteiger charge is 2.07. The number of rotatable bonds is 3. The van der Waals surface area contributed by atoms with E-state index in [2.05, 4.69) is 0 Å². The number of benzene rings is 1. The molecule has 0 radical (unpaired) electrons. The van der Waals surface area contributed by atoms with Gasteiger partial charge in [-0.15, -0.1) is 0 Å². The molecule has 1 aromatic carbocycles. The summed E-state index contributed by atoms with van der Waals surface area (Å²) in [5, 5.41) is 0. The monoisotopic (exact) mass is 168 g/mol. The van der Waals surface area contributed by atoms with Gasteiger partial charge in [-0.25, -0.2) is 4.39 Å². The van der Waals surface area contributed by atoms with Gasteiger partial charge < -0.3 is 11.5 Å². The van der Waals surface area contributed by atoms with Crippen molar-refractivity contribution < 1.29 is 4.39 Å². The van der Waals surface area contributed by atoms with Crippen LogP contribution in [0.1, 0.15) is 18.2 Å². The molecule has 4 N–H and O–H groups in total. The summed E-state index contributed by atoms with van der Waals surface area (Å²) in [5.41, 5.74) is 11.9. The van der Waals surface area contributed by atoms with Gasteiger partial charge in [0.15, 0.2) is 0 Å². The Morgan fingerprint density at radius 3 is 2.75 bits per heavy atom. The van der Waals surface area contributed by atoms with E-state index in [0.29, 0.717) is 24.2 Å². The topological polar surface area (TPSA) is 52.0 Å². The molecule has 0 saturated carbocycles. The van der Waals surface area contributed by atoms with Crippen LogP contribution >= 0.6 is 0 Å². The Kier molecular flexibility index (Phi) is 3.05. The zero-order chi connectivity index (χ0) is 8.97. The lowest BCUT2D eigenvalue weighted by Gasteiger charge is -2.06. The van der Waals surface area contributed by atoms with E-state index in [0.717, 1.165) is 0 Å². The van der Waals surface area contributed by atoms with Crippen LogP contribution in [0, 0.1) is 0 Å². The molecule has 0 spiro atoms. The first kappa shape index (κ1) is 9.00. The fourth-order valence-corrected chi connectivity index (χ4v) is 1.07. The van der Waals surface area contributed by atoms with E-state index in [9.17, 15) is 4.39 Å². The predicted octanol–water partition coefficient (Wildman–Crippen LogP) is 1.63. The predicted molar refractivity (Wildman–Crippen MR) is 48.4 cm³/mol. The van der Waals surface area contributed by atoms with Gasteiger partial charge in [0.2, 0.25) is 0 Å². The quantitative estimate of drug-likeness (QED) is 0.674. The largest absolute Gasteiger partial charge is 0.399 e. The molecule has 66 valence electrons. The first-order chi connectivity index (χ1) is 5.74. The molecule has 2 nitrogen and oxygen atoms in total. The molecule has 1 atom stereocenters. The smallest absolute Gasteiger partial charge is 0.126 e. The van der Waals surface area contributed by atoms with Crippen LogP contribution in [0.25, 0.3) is 0 Å². The van der Waals surface area contributed by atoms with E-state index in [1.807, 2.05) is 0 Å². The Balaban J connectivity index is 2.73. The lowest BCUT2D eigenvalue weighted by atomic mass is 10.1. The third-order valence-corrected chi connectivity index (χ3v) is 1.69. The van der Waals surface area contributed by atoms with E-state index in [1.165, 1.54) is 0 Å². The highest BCUT2D eigenvalue weighted by molar-refractivity contribution is 5.41. The molecule has 1 unspecified atom stereocenters. The van der Waals surface area contributed by atoms with Crippen molar-refractivity contribution in [1.82, 2.24) is 0 Å². The zero-order valence-corrected chi connectivity index (χ0v) is 6.83. The number of anilines is 1. The van der Waals surface area contributed by atoms with Gasteiger partial charge in [-0.05, 0) is 30.7 Å². The molecule has 0 aliphatic heterocycles. The third-order valence-electron chi connectivity index (χ3n) is 1.69. The minimum atomic E-state index is -0.988. The Bertz CT molecular complexity index is 250. The van der Waals surface area contributed by atoms with Crippen LogP contribution in [-0.2, 0) is 0 Å². The van der Waals surface area contributed by atoms with E-state index >= 15 is 0 Å². The van der Waals surface area contributed by atoms with Gasteiger partial charge in [0.1, 0.15) is 6.17 Å². The van der Waals surface area contributed by atoms with Crippen LogP contribution in [0.15, 0.2) is 24.3 Å². The fraction of sp³-hybridized carbons (Fsp3) is 0.333. The summed E-state index contributed by atoms with van der Waals surface area (Å²) in [6.07, 6.45) is -0.637. The maximum atomic E-state index is 13.2. The molecule has 0 aliphatic carbocycles. The molecule has 12 heavy (non-hydrogen) atoms. The molecule has 0 aromatic heterocycles. The summed E-state index contributed by atoms with van der Waals surface area (Å²) >= 11 is 0. The highest BCUT2D eigenvalue weighted by atomic mass is 19.1. The second-order valence-electron chi connectivity index (χ2n) is 2.72. The van der Waals surface area contributed by atoms with Gasteiger partial charge in [0.05, 0.1) is 0 Å². The van der Waals surface area contributed by atoms with Crippen LogP contribution in [0.5, 0.6) is 0 Å². The number of halogens is 1. The minimum Gasteiger partial charge on any atom is -0.399 e. The lowest BCUT2D eigenvalue weighted by molar-refractivity contribution is 0.328. The Morgan fingerprint density at radius 1 is 1.42 bits per heavy atom. The molecule has 0 amide bonds. The van der Waals surface area contributed by atoms with E-state index < -0.39 is 6.17 Å². The summed E-state index contributed by atoms with van der Waals surface area (Å²) in [5.74, 6) is 0. The van der Waals surface area contributed by atoms with E-state index in [1.54, 1.807) is 24.3 Å². The van der Waals surface area contributed by atoms with Gasteiger partial charge in [-0.2, -0.15) is 0 Å². The average molecular weight is 168 g/mol. The summed E-state index contributed by atoms with van der Waals surface area (Å²) in [6, 6.07) is 6.84. The number of nitrogens with two attached hydrogens (primary N) is 2. The summed E-state index contributed by atoms with van der Waals surface area (Å²) in [6.45, 7) is 0.357. The van der Waals surface area contributed by atoms with Crippen molar-refractivity contribution in [2.24, 2.45) is 5.73 Å². The van der Waals surface area contributed by atoms with Crippen molar-refractivity contribution in [3.05, 3.63) is 29.8 Å². The molecular weight excluding hydrogens is 155 g/mol. The Hall–Kier alpha value is -1.09. The van der Waals surface area contributed by atoms with Crippen molar-refractivity contribution in [2.45, 2.75) is 12.6 Å². The van der Waals surface area contributed by atoms with Gasteiger partial charge >= 0.3 is 0 Å². The van der Waals surface area contributed by atoms with Gasteiger partial charge in [0, 0.05) is 5.69 Å². The van der Waals surface area contributed by atoms with Crippen molar-refractivity contribution in [3.8, 4) is 0 Å². The Morgan fingerprint density at radius 2 is 2.17 bits per heavy atom. The van der Waals surface area contributed by atoms with Gasteiger partial charge in [-0.3, -0.25) is 0 Å². The first-order valence-corrected chi connectivity index (χ1v) is 3.93. The summed E-state index contributed by atoms with van der Waals surface area (Å²) in [4.78, 5) is 0. The third kappa shape index (κ3) is 2.20. The number of hydrogen-bond acceptors (Lipinski definition) is 2. The second-order valence-corrected chi connectivity index (χ2v) is 2.72. The maximum absolute atomic E-state index is 13.2. The van der Waals surface area contributed by atoms with Crippen molar-refractivity contribution in [1.29, 1.82) is 0 Å². The van der Waals surface area contributed by atoms with Crippen molar-refractivity contribution >= 4 is 5.69 Å². The molecule has 1 rings (SSSR count). The summed E-state index contributed by atoms with van der Waals surface area (Å²) < 4.78 is 13.2. The number of alkyl halides is 1. The van der Waals surface area contributed by atoms with E-state index in [-0.39, 0.29) is 0 Å². The molecular formula is C9H13FN2. The molecule has 1 aromatic rings. The normalized spacial score (nSPS) is 12.8. The maximum Gasteiger partial charge on any atom is 0.126 e. The molecule has 0 fully saturated rings. The number of hydrogen-bond donors (Lipinski definition) is 2. The van der Waals surface area contributed by atoms with Crippen molar-refractivity contribution in [3.63, 3.8) is 0 Å². The van der Waals surface area contributed by atoms with Gasteiger partial charge in [0.25, 0.3) is 0 Å². The lowest BCUT2D eigenvalue weighted by Crippen LogP contribution is -2.03. The fourth-order valence-electron chi connectivity index (χ4n) is 1.07. The Labute approximate surface area is 71.4 Å². The molecule has 0 aliphatic rings.